The molecule has 0 unspecified atom stereocenters. The Morgan fingerprint density at radius 2 is 2.19 bits per heavy atom. The van der Waals surface area contributed by atoms with Gasteiger partial charge in [-0.15, -0.1) is 0 Å². The van der Waals surface area contributed by atoms with Gasteiger partial charge < -0.3 is 20.6 Å². The number of ether oxygens (including phenoxy) is 1. The predicted molar refractivity (Wildman–Crippen MR) is 77.5 cm³/mol. The van der Waals surface area contributed by atoms with Crippen molar-refractivity contribution >= 4 is 11.8 Å². The molecule has 21 heavy (non-hydrogen) atoms. The second-order valence-corrected chi connectivity index (χ2v) is 4.60. The molecule has 1 aliphatic heterocycles. The van der Waals surface area contributed by atoms with E-state index in [0.29, 0.717) is 31.3 Å². The van der Waals surface area contributed by atoms with Gasteiger partial charge in [-0.3, -0.25) is 0 Å². The van der Waals surface area contributed by atoms with E-state index in [2.05, 4.69) is 15.1 Å². The van der Waals surface area contributed by atoms with E-state index in [1.54, 1.807) is 12.3 Å². The molecule has 0 saturated carbocycles. The molecule has 2 heterocycles. The standard InChI is InChI=1S/C14H15N5O2/c15-13(18-20)11-5-6-16-14(17-11)19-7-8-21-12-4-2-1-3-10(12)9-19/h1-6,20H,7-9H2,(H2,15,18). The highest BCUT2D eigenvalue weighted by molar-refractivity contribution is 5.95. The molecule has 0 fully saturated rings. The third kappa shape index (κ3) is 2.71. The van der Waals surface area contributed by atoms with E-state index in [0.717, 1.165) is 11.3 Å². The Bertz CT molecular complexity index is 674. The fourth-order valence-electron chi connectivity index (χ4n) is 2.19. The Balaban J connectivity index is 1.91. The Labute approximate surface area is 121 Å². The second-order valence-electron chi connectivity index (χ2n) is 4.60. The summed E-state index contributed by atoms with van der Waals surface area (Å²) in [6, 6.07) is 9.48. The first kappa shape index (κ1) is 13.2. The number of fused-ring (bicyclic) bond motifs is 1. The number of nitrogens with zero attached hydrogens (tertiary/aromatic N) is 4. The molecule has 0 amide bonds. The van der Waals surface area contributed by atoms with E-state index >= 15 is 0 Å². The van der Waals surface area contributed by atoms with E-state index in [4.69, 9.17) is 15.7 Å². The minimum Gasteiger partial charge on any atom is -0.491 e. The van der Waals surface area contributed by atoms with Gasteiger partial charge in [0.25, 0.3) is 0 Å². The lowest BCUT2D eigenvalue weighted by atomic mass is 10.2. The predicted octanol–water partition coefficient (Wildman–Crippen LogP) is 0.970. The summed E-state index contributed by atoms with van der Waals surface area (Å²) in [6.45, 7) is 1.86. The number of anilines is 1. The Kier molecular flexibility index (Phi) is 3.55. The molecule has 3 rings (SSSR count). The number of amidine groups is 1. The van der Waals surface area contributed by atoms with Crippen molar-refractivity contribution in [1.29, 1.82) is 0 Å². The molecule has 1 aromatic heterocycles. The van der Waals surface area contributed by atoms with Gasteiger partial charge in [0.05, 0.1) is 6.54 Å². The first-order valence-corrected chi connectivity index (χ1v) is 6.54. The first-order valence-electron chi connectivity index (χ1n) is 6.54. The summed E-state index contributed by atoms with van der Waals surface area (Å²) in [7, 11) is 0. The maximum Gasteiger partial charge on any atom is 0.226 e. The summed E-state index contributed by atoms with van der Waals surface area (Å²) in [5.41, 5.74) is 7.03. The van der Waals surface area contributed by atoms with Gasteiger partial charge in [-0.05, 0) is 12.1 Å². The van der Waals surface area contributed by atoms with Crippen LogP contribution in [0.1, 0.15) is 11.3 Å². The van der Waals surface area contributed by atoms with Crippen LogP contribution in [0.3, 0.4) is 0 Å². The van der Waals surface area contributed by atoms with Crippen LogP contribution in [-0.2, 0) is 6.54 Å². The average Bonchev–Trinajstić information content (AvgIpc) is 2.76. The summed E-state index contributed by atoms with van der Waals surface area (Å²) in [5, 5.41) is 11.7. The third-order valence-electron chi connectivity index (χ3n) is 3.25. The highest BCUT2D eigenvalue weighted by Gasteiger charge is 2.17. The van der Waals surface area contributed by atoms with Gasteiger partial charge in [0.2, 0.25) is 5.95 Å². The Morgan fingerprint density at radius 1 is 1.33 bits per heavy atom. The molecule has 0 atom stereocenters. The summed E-state index contributed by atoms with van der Waals surface area (Å²) in [4.78, 5) is 10.6. The number of hydrogen-bond acceptors (Lipinski definition) is 6. The summed E-state index contributed by atoms with van der Waals surface area (Å²) < 4.78 is 5.71. The van der Waals surface area contributed by atoms with E-state index in [9.17, 15) is 0 Å². The molecule has 0 radical (unpaired) electrons. The Hall–Kier alpha value is -2.83. The monoisotopic (exact) mass is 285 g/mol. The minimum absolute atomic E-state index is 0.0369. The van der Waals surface area contributed by atoms with Crippen LogP contribution in [0.4, 0.5) is 5.95 Å². The molecule has 0 bridgehead atoms. The smallest absolute Gasteiger partial charge is 0.226 e. The Morgan fingerprint density at radius 3 is 3.05 bits per heavy atom. The van der Waals surface area contributed by atoms with Crippen molar-refractivity contribution in [3.63, 3.8) is 0 Å². The van der Waals surface area contributed by atoms with Gasteiger partial charge in [-0.1, -0.05) is 23.4 Å². The van der Waals surface area contributed by atoms with Crippen LogP contribution < -0.4 is 15.4 Å². The highest BCUT2D eigenvalue weighted by Crippen LogP contribution is 2.24. The molecule has 1 aliphatic rings. The number of aromatic nitrogens is 2. The first-order chi connectivity index (χ1) is 10.3. The number of nitrogens with two attached hydrogens (primary N) is 1. The van der Waals surface area contributed by atoms with Gasteiger partial charge in [0, 0.05) is 18.3 Å². The molecule has 2 aromatic rings. The third-order valence-corrected chi connectivity index (χ3v) is 3.25. The fraction of sp³-hybridized carbons (Fsp3) is 0.214. The molecule has 3 N–H and O–H groups in total. The van der Waals surface area contributed by atoms with Crippen LogP contribution in [0.2, 0.25) is 0 Å². The molecular formula is C14H15N5O2. The van der Waals surface area contributed by atoms with Crippen LogP contribution in [0.15, 0.2) is 41.7 Å². The van der Waals surface area contributed by atoms with Crippen molar-refractivity contribution in [2.24, 2.45) is 10.9 Å². The zero-order chi connectivity index (χ0) is 14.7. The highest BCUT2D eigenvalue weighted by atomic mass is 16.5. The molecule has 7 nitrogen and oxygen atoms in total. The van der Waals surface area contributed by atoms with Crippen molar-refractivity contribution in [3.8, 4) is 5.75 Å². The molecule has 0 saturated heterocycles. The number of oxime groups is 1. The lowest BCUT2D eigenvalue weighted by molar-refractivity contribution is 0.318. The van der Waals surface area contributed by atoms with Crippen molar-refractivity contribution in [3.05, 3.63) is 47.8 Å². The lowest BCUT2D eigenvalue weighted by Crippen LogP contribution is -2.28. The maximum absolute atomic E-state index is 8.73. The lowest BCUT2D eigenvalue weighted by Gasteiger charge is -2.19. The average molecular weight is 285 g/mol. The van der Waals surface area contributed by atoms with E-state index in [1.807, 2.05) is 29.2 Å². The SMILES string of the molecule is N/C(=N/O)c1ccnc(N2CCOc3ccccc3C2)n1. The number of rotatable bonds is 2. The summed E-state index contributed by atoms with van der Waals surface area (Å²) >= 11 is 0. The largest absolute Gasteiger partial charge is 0.491 e. The van der Waals surface area contributed by atoms with Crippen molar-refractivity contribution < 1.29 is 9.94 Å². The van der Waals surface area contributed by atoms with Gasteiger partial charge in [-0.25, -0.2) is 9.97 Å². The van der Waals surface area contributed by atoms with Crippen LogP contribution >= 0.6 is 0 Å². The molecule has 1 aromatic carbocycles. The van der Waals surface area contributed by atoms with Gasteiger partial charge in [0.15, 0.2) is 5.84 Å². The summed E-state index contributed by atoms with van der Waals surface area (Å²) in [6.07, 6.45) is 1.59. The van der Waals surface area contributed by atoms with Crippen LogP contribution in [0, 0.1) is 0 Å². The van der Waals surface area contributed by atoms with Gasteiger partial charge >= 0.3 is 0 Å². The molecule has 0 aliphatic carbocycles. The normalized spacial score (nSPS) is 15.0. The van der Waals surface area contributed by atoms with Gasteiger partial charge in [-0.2, -0.15) is 0 Å². The van der Waals surface area contributed by atoms with Crippen LogP contribution in [-0.4, -0.2) is 34.2 Å². The van der Waals surface area contributed by atoms with E-state index in [1.165, 1.54) is 0 Å². The van der Waals surface area contributed by atoms with Crippen molar-refractivity contribution in [2.75, 3.05) is 18.1 Å². The van der Waals surface area contributed by atoms with Crippen molar-refractivity contribution in [1.82, 2.24) is 9.97 Å². The number of hydrogen-bond donors (Lipinski definition) is 2. The zero-order valence-electron chi connectivity index (χ0n) is 11.3. The molecule has 108 valence electrons. The molecule has 0 spiro atoms. The van der Waals surface area contributed by atoms with E-state index < -0.39 is 0 Å². The summed E-state index contributed by atoms with van der Waals surface area (Å²) in [5.74, 6) is 1.37. The molecular weight excluding hydrogens is 270 g/mol. The second kappa shape index (κ2) is 5.66. The maximum atomic E-state index is 8.73. The van der Waals surface area contributed by atoms with Crippen molar-refractivity contribution in [2.45, 2.75) is 6.54 Å². The quantitative estimate of drug-likeness (QED) is 0.369. The number of benzene rings is 1. The van der Waals surface area contributed by atoms with Crippen LogP contribution in [0.5, 0.6) is 5.75 Å². The van der Waals surface area contributed by atoms with Gasteiger partial charge in [0.1, 0.15) is 18.1 Å². The number of para-hydroxylation sites is 1. The minimum atomic E-state index is -0.0369. The topological polar surface area (TPSA) is 96.9 Å². The van der Waals surface area contributed by atoms with E-state index in [-0.39, 0.29) is 5.84 Å². The zero-order valence-corrected chi connectivity index (χ0v) is 11.3. The fourth-order valence-corrected chi connectivity index (χ4v) is 2.19. The van der Waals surface area contributed by atoms with Crippen LogP contribution in [0.25, 0.3) is 0 Å². The molecule has 7 heteroatoms.